The molecule has 4 aromatic rings. The van der Waals surface area contributed by atoms with Crippen molar-refractivity contribution in [2.24, 2.45) is 0 Å². The van der Waals surface area contributed by atoms with Crippen molar-refractivity contribution in [2.75, 3.05) is 0 Å². The van der Waals surface area contributed by atoms with Crippen molar-refractivity contribution in [2.45, 2.75) is 6.42 Å². The maximum absolute atomic E-state index is 10.4. The molecule has 0 amide bonds. The van der Waals surface area contributed by atoms with Gasteiger partial charge in [0, 0.05) is 28.0 Å². The van der Waals surface area contributed by atoms with Crippen molar-refractivity contribution >= 4 is 37.6 Å². The SMILES string of the molecule is Oc1ccc2cc(Br)ccc2c1Cc1cccc2cccnc12. The van der Waals surface area contributed by atoms with Gasteiger partial charge in [-0.05, 0) is 40.6 Å². The number of aromatic nitrogens is 1. The third kappa shape index (κ3) is 2.57. The van der Waals surface area contributed by atoms with Crippen LogP contribution in [0.3, 0.4) is 0 Å². The first-order chi connectivity index (χ1) is 11.2. The Morgan fingerprint density at radius 2 is 1.78 bits per heavy atom. The summed E-state index contributed by atoms with van der Waals surface area (Å²) in [5.41, 5.74) is 3.05. The number of aromatic hydroxyl groups is 1. The highest BCUT2D eigenvalue weighted by molar-refractivity contribution is 9.10. The van der Waals surface area contributed by atoms with E-state index >= 15 is 0 Å². The largest absolute Gasteiger partial charge is 0.508 e. The van der Waals surface area contributed by atoms with Crippen LogP contribution in [0.2, 0.25) is 0 Å². The minimum atomic E-state index is 0.327. The second-order valence-corrected chi connectivity index (χ2v) is 6.51. The molecule has 0 unspecified atom stereocenters. The van der Waals surface area contributed by atoms with Crippen molar-refractivity contribution in [3.05, 3.63) is 82.5 Å². The molecule has 0 radical (unpaired) electrons. The van der Waals surface area contributed by atoms with Crippen LogP contribution in [0.1, 0.15) is 11.1 Å². The van der Waals surface area contributed by atoms with Crippen LogP contribution < -0.4 is 0 Å². The lowest BCUT2D eigenvalue weighted by atomic mass is 9.96. The molecule has 112 valence electrons. The molecule has 1 heterocycles. The molecule has 23 heavy (non-hydrogen) atoms. The van der Waals surface area contributed by atoms with Crippen LogP contribution in [0.15, 0.2) is 71.3 Å². The van der Waals surface area contributed by atoms with Crippen molar-refractivity contribution < 1.29 is 5.11 Å². The molecule has 0 bridgehead atoms. The van der Waals surface area contributed by atoms with E-state index in [0.29, 0.717) is 12.2 Å². The van der Waals surface area contributed by atoms with Crippen LogP contribution in [0.5, 0.6) is 5.75 Å². The highest BCUT2D eigenvalue weighted by Crippen LogP contribution is 2.32. The van der Waals surface area contributed by atoms with E-state index in [0.717, 1.165) is 37.3 Å². The fourth-order valence-electron chi connectivity index (χ4n) is 3.04. The highest BCUT2D eigenvalue weighted by Gasteiger charge is 2.10. The smallest absolute Gasteiger partial charge is 0.119 e. The number of hydrogen-bond donors (Lipinski definition) is 1. The van der Waals surface area contributed by atoms with Crippen LogP contribution in [-0.2, 0) is 6.42 Å². The summed E-state index contributed by atoms with van der Waals surface area (Å²) in [6.07, 6.45) is 2.46. The van der Waals surface area contributed by atoms with Gasteiger partial charge in [-0.2, -0.15) is 0 Å². The van der Waals surface area contributed by atoms with E-state index in [1.54, 1.807) is 6.07 Å². The summed E-state index contributed by atoms with van der Waals surface area (Å²) in [5.74, 6) is 0.327. The van der Waals surface area contributed by atoms with Crippen LogP contribution in [0, 0.1) is 0 Å². The molecule has 2 nitrogen and oxygen atoms in total. The number of hydrogen-bond acceptors (Lipinski definition) is 2. The Balaban J connectivity index is 1.91. The van der Waals surface area contributed by atoms with Crippen LogP contribution in [-0.4, -0.2) is 10.1 Å². The van der Waals surface area contributed by atoms with E-state index in [9.17, 15) is 5.11 Å². The van der Waals surface area contributed by atoms with Gasteiger partial charge in [-0.15, -0.1) is 0 Å². The molecular weight excluding hydrogens is 350 g/mol. The summed E-state index contributed by atoms with van der Waals surface area (Å²) in [7, 11) is 0. The summed E-state index contributed by atoms with van der Waals surface area (Å²) < 4.78 is 1.04. The maximum Gasteiger partial charge on any atom is 0.119 e. The average Bonchev–Trinajstić information content (AvgIpc) is 2.57. The summed E-state index contributed by atoms with van der Waals surface area (Å²) in [6, 6.07) is 20.0. The predicted molar refractivity (Wildman–Crippen MR) is 97.9 cm³/mol. The molecule has 1 N–H and O–H groups in total. The fourth-order valence-corrected chi connectivity index (χ4v) is 3.42. The standard InChI is InChI=1S/C20H14BrNO/c21-16-7-8-17-14(11-16)6-9-19(23)18(17)12-15-4-1-3-13-5-2-10-22-20(13)15/h1-11,23H,12H2. The second-order valence-electron chi connectivity index (χ2n) is 5.60. The lowest BCUT2D eigenvalue weighted by Crippen LogP contribution is -1.94. The van der Waals surface area contributed by atoms with Gasteiger partial charge in [-0.1, -0.05) is 52.3 Å². The number of benzene rings is 3. The van der Waals surface area contributed by atoms with Crippen LogP contribution in [0.25, 0.3) is 21.7 Å². The van der Waals surface area contributed by atoms with Crippen molar-refractivity contribution in [3.63, 3.8) is 0 Å². The zero-order chi connectivity index (χ0) is 15.8. The van der Waals surface area contributed by atoms with E-state index in [1.807, 2.05) is 36.5 Å². The number of pyridine rings is 1. The molecule has 1 aromatic heterocycles. The Hall–Kier alpha value is -2.39. The molecule has 3 aromatic carbocycles. The molecule has 0 fully saturated rings. The molecule has 0 atom stereocenters. The lowest BCUT2D eigenvalue weighted by molar-refractivity contribution is 0.470. The Morgan fingerprint density at radius 1 is 0.913 bits per heavy atom. The molecule has 0 aliphatic carbocycles. The summed E-state index contributed by atoms with van der Waals surface area (Å²) in [5, 5.41) is 13.7. The minimum Gasteiger partial charge on any atom is -0.508 e. The third-order valence-electron chi connectivity index (χ3n) is 4.15. The van der Waals surface area contributed by atoms with E-state index in [-0.39, 0.29) is 0 Å². The lowest BCUT2D eigenvalue weighted by Gasteiger charge is -2.11. The van der Waals surface area contributed by atoms with Gasteiger partial charge in [0.15, 0.2) is 0 Å². The van der Waals surface area contributed by atoms with Crippen molar-refractivity contribution in [1.82, 2.24) is 4.98 Å². The van der Waals surface area contributed by atoms with Gasteiger partial charge in [-0.25, -0.2) is 0 Å². The molecule has 0 aliphatic rings. The Kier molecular flexibility index (Phi) is 3.50. The Morgan fingerprint density at radius 3 is 2.70 bits per heavy atom. The average molecular weight is 364 g/mol. The quantitative estimate of drug-likeness (QED) is 0.513. The molecule has 0 saturated heterocycles. The summed E-state index contributed by atoms with van der Waals surface area (Å²) in [4.78, 5) is 4.51. The topological polar surface area (TPSA) is 33.1 Å². The van der Waals surface area contributed by atoms with E-state index in [4.69, 9.17) is 0 Å². The Labute approximate surface area is 142 Å². The predicted octanol–water partition coefficient (Wildman–Crippen LogP) is 5.45. The van der Waals surface area contributed by atoms with Crippen LogP contribution in [0.4, 0.5) is 0 Å². The monoisotopic (exact) mass is 363 g/mol. The van der Waals surface area contributed by atoms with Gasteiger partial charge >= 0.3 is 0 Å². The number of phenols is 1. The van der Waals surface area contributed by atoms with Crippen molar-refractivity contribution in [3.8, 4) is 5.75 Å². The number of halogens is 1. The van der Waals surface area contributed by atoms with Gasteiger partial charge < -0.3 is 5.11 Å². The minimum absolute atomic E-state index is 0.327. The normalized spacial score (nSPS) is 11.2. The van der Waals surface area contributed by atoms with E-state index in [1.165, 1.54) is 0 Å². The molecule has 0 aliphatic heterocycles. The maximum atomic E-state index is 10.4. The number of fused-ring (bicyclic) bond motifs is 2. The Bertz CT molecular complexity index is 1020. The first-order valence-electron chi connectivity index (χ1n) is 7.45. The first kappa shape index (κ1) is 14.2. The summed E-state index contributed by atoms with van der Waals surface area (Å²) in [6.45, 7) is 0. The highest BCUT2D eigenvalue weighted by atomic mass is 79.9. The second kappa shape index (κ2) is 5.67. The van der Waals surface area contributed by atoms with E-state index in [2.05, 4.69) is 45.2 Å². The van der Waals surface area contributed by atoms with Gasteiger partial charge in [0.25, 0.3) is 0 Å². The number of para-hydroxylation sites is 1. The zero-order valence-electron chi connectivity index (χ0n) is 12.3. The van der Waals surface area contributed by atoms with Gasteiger partial charge in [0.2, 0.25) is 0 Å². The van der Waals surface area contributed by atoms with E-state index < -0.39 is 0 Å². The number of nitrogens with zero attached hydrogens (tertiary/aromatic N) is 1. The third-order valence-corrected chi connectivity index (χ3v) is 4.65. The zero-order valence-corrected chi connectivity index (χ0v) is 13.9. The molecule has 0 saturated carbocycles. The molecule has 3 heteroatoms. The van der Waals surface area contributed by atoms with Crippen LogP contribution >= 0.6 is 15.9 Å². The number of rotatable bonds is 2. The molecular formula is C20H14BrNO. The fraction of sp³-hybridized carbons (Fsp3) is 0.0500. The van der Waals surface area contributed by atoms with Gasteiger partial charge in [0.05, 0.1) is 5.52 Å². The molecule has 0 spiro atoms. The number of phenolic OH excluding ortho intramolecular Hbond substituents is 1. The van der Waals surface area contributed by atoms with Crippen molar-refractivity contribution in [1.29, 1.82) is 0 Å². The summed E-state index contributed by atoms with van der Waals surface area (Å²) >= 11 is 3.50. The molecule has 4 rings (SSSR count). The van der Waals surface area contributed by atoms with Gasteiger partial charge in [0.1, 0.15) is 5.75 Å². The first-order valence-corrected chi connectivity index (χ1v) is 8.24. The van der Waals surface area contributed by atoms with Gasteiger partial charge in [-0.3, -0.25) is 4.98 Å².